The Bertz CT molecular complexity index is 851. The molecular weight excluding hydrogens is 438 g/mol. The topological polar surface area (TPSA) is 59.0 Å². The third-order valence-electron chi connectivity index (χ3n) is 7.08. The number of hydrogen-bond donors (Lipinski definition) is 1. The SMILES string of the molecule is CCCCC1(CC[C@@H](CCCC(C)=O)N(Cc2ccccc2)[C@@H](CO)c2ccccc2)OCCO1. The van der Waals surface area contributed by atoms with Crippen LogP contribution in [0.1, 0.15) is 82.4 Å². The summed E-state index contributed by atoms with van der Waals surface area (Å²) in [5, 5.41) is 10.6. The van der Waals surface area contributed by atoms with Crippen LogP contribution in [0.2, 0.25) is 0 Å². The van der Waals surface area contributed by atoms with Crippen molar-refractivity contribution >= 4 is 5.78 Å². The second kappa shape index (κ2) is 14.5. The number of rotatable bonds is 16. The van der Waals surface area contributed by atoms with E-state index < -0.39 is 5.79 Å². The number of unbranched alkanes of at least 4 members (excludes halogenated alkanes) is 1. The Morgan fingerprint density at radius 3 is 2.23 bits per heavy atom. The molecule has 2 atom stereocenters. The van der Waals surface area contributed by atoms with Gasteiger partial charge >= 0.3 is 0 Å². The number of nitrogens with zero attached hydrogens (tertiary/aromatic N) is 1. The van der Waals surface area contributed by atoms with Gasteiger partial charge in [0.15, 0.2) is 5.79 Å². The minimum atomic E-state index is -0.505. The molecule has 5 heteroatoms. The maximum atomic E-state index is 11.7. The van der Waals surface area contributed by atoms with Crippen molar-refractivity contribution in [1.82, 2.24) is 4.90 Å². The fourth-order valence-electron chi connectivity index (χ4n) is 5.17. The monoisotopic (exact) mass is 481 g/mol. The van der Waals surface area contributed by atoms with Gasteiger partial charge in [-0.1, -0.05) is 74.0 Å². The van der Waals surface area contributed by atoms with Crippen LogP contribution >= 0.6 is 0 Å². The molecule has 5 nitrogen and oxygen atoms in total. The van der Waals surface area contributed by atoms with Gasteiger partial charge in [-0.05, 0) is 43.7 Å². The molecule has 0 spiro atoms. The zero-order chi connectivity index (χ0) is 24.9. The van der Waals surface area contributed by atoms with Crippen LogP contribution in [-0.2, 0) is 20.8 Å². The maximum absolute atomic E-state index is 11.7. The summed E-state index contributed by atoms with van der Waals surface area (Å²) in [6.07, 6.45) is 7.10. The molecule has 0 amide bonds. The van der Waals surface area contributed by atoms with Gasteiger partial charge in [0.2, 0.25) is 0 Å². The molecule has 0 radical (unpaired) electrons. The molecule has 0 aliphatic carbocycles. The summed E-state index contributed by atoms with van der Waals surface area (Å²) in [6.45, 7) is 5.92. The smallest absolute Gasteiger partial charge is 0.168 e. The molecule has 1 heterocycles. The van der Waals surface area contributed by atoms with Gasteiger partial charge in [-0.2, -0.15) is 0 Å². The molecule has 1 saturated heterocycles. The third kappa shape index (κ3) is 8.53. The Labute approximate surface area is 211 Å². The number of carbonyl (C=O) groups excluding carboxylic acids is 1. The minimum absolute atomic E-state index is 0.0357. The van der Waals surface area contributed by atoms with E-state index in [1.165, 1.54) is 5.56 Å². The maximum Gasteiger partial charge on any atom is 0.168 e. The molecule has 1 fully saturated rings. The predicted octanol–water partition coefficient (Wildman–Crippen LogP) is 6.06. The number of carbonyl (C=O) groups is 1. The highest BCUT2D eigenvalue weighted by atomic mass is 16.7. The van der Waals surface area contributed by atoms with E-state index in [-0.39, 0.29) is 24.5 Å². The highest BCUT2D eigenvalue weighted by molar-refractivity contribution is 5.75. The van der Waals surface area contributed by atoms with E-state index >= 15 is 0 Å². The highest BCUT2D eigenvalue weighted by Gasteiger charge is 2.37. The minimum Gasteiger partial charge on any atom is -0.394 e. The van der Waals surface area contributed by atoms with E-state index in [0.717, 1.165) is 57.1 Å². The number of hydrogen-bond acceptors (Lipinski definition) is 5. The van der Waals surface area contributed by atoms with Crippen molar-refractivity contribution in [2.45, 2.75) is 89.6 Å². The average molecular weight is 482 g/mol. The number of Topliss-reactive ketones (excluding diaryl/α,β-unsaturated/α-hetero) is 1. The van der Waals surface area contributed by atoms with Crippen LogP contribution in [0, 0.1) is 0 Å². The number of benzene rings is 2. The van der Waals surface area contributed by atoms with E-state index in [9.17, 15) is 9.90 Å². The van der Waals surface area contributed by atoms with Gasteiger partial charge in [0.05, 0.1) is 25.9 Å². The Morgan fingerprint density at radius 1 is 0.971 bits per heavy atom. The van der Waals surface area contributed by atoms with Crippen molar-refractivity contribution in [2.75, 3.05) is 19.8 Å². The van der Waals surface area contributed by atoms with Crippen LogP contribution in [0.5, 0.6) is 0 Å². The summed E-state index contributed by atoms with van der Waals surface area (Å²) >= 11 is 0. The molecule has 0 saturated carbocycles. The number of aliphatic hydroxyl groups excluding tert-OH is 1. The Hall–Kier alpha value is -2.05. The van der Waals surface area contributed by atoms with E-state index in [1.807, 2.05) is 24.3 Å². The fraction of sp³-hybridized carbons (Fsp3) is 0.567. The first kappa shape index (κ1) is 27.5. The summed E-state index contributed by atoms with van der Waals surface area (Å²) in [5.41, 5.74) is 2.32. The zero-order valence-corrected chi connectivity index (χ0v) is 21.5. The first-order valence-corrected chi connectivity index (χ1v) is 13.3. The van der Waals surface area contributed by atoms with Crippen molar-refractivity contribution < 1.29 is 19.4 Å². The lowest BCUT2D eigenvalue weighted by Crippen LogP contribution is -2.41. The van der Waals surface area contributed by atoms with Gasteiger partial charge in [-0.15, -0.1) is 0 Å². The molecule has 1 N–H and O–H groups in total. The van der Waals surface area contributed by atoms with Gasteiger partial charge in [-0.25, -0.2) is 0 Å². The first-order valence-electron chi connectivity index (χ1n) is 13.3. The third-order valence-corrected chi connectivity index (χ3v) is 7.08. The summed E-state index contributed by atoms with van der Waals surface area (Å²) in [7, 11) is 0. The number of aliphatic hydroxyl groups is 1. The molecule has 2 aromatic carbocycles. The van der Waals surface area contributed by atoms with Crippen LogP contribution in [-0.4, -0.2) is 47.4 Å². The lowest BCUT2D eigenvalue weighted by Gasteiger charge is -2.39. The van der Waals surface area contributed by atoms with E-state index in [4.69, 9.17) is 9.47 Å². The zero-order valence-electron chi connectivity index (χ0n) is 21.5. The summed E-state index contributed by atoms with van der Waals surface area (Å²) < 4.78 is 12.3. The van der Waals surface area contributed by atoms with Crippen LogP contribution < -0.4 is 0 Å². The van der Waals surface area contributed by atoms with E-state index in [1.54, 1.807) is 6.92 Å². The fourth-order valence-corrected chi connectivity index (χ4v) is 5.17. The van der Waals surface area contributed by atoms with Crippen molar-refractivity contribution in [1.29, 1.82) is 0 Å². The van der Waals surface area contributed by atoms with Crippen LogP contribution in [0.3, 0.4) is 0 Å². The lowest BCUT2D eigenvalue weighted by atomic mass is 9.93. The molecule has 2 aromatic rings. The molecular formula is C30H43NO4. The van der Waals surface area contributed by atoms with Crippen molar-refractivity contribution in [3.8, 4) is 0 Å². The number of ether oxygens (including phenoxy) is 2. The van der Waals surface area contributed by atoms with Gasteiger partial charge in [-0.3, -0.25) is 4.90 Å². The molecule has 0 bridgehead atoms. The second-order valence-electron chi connectivity index (χ2n) is 9.76. The number of ketones is 1. The highest BCUT2D eigenvalue weighted by Crippen LogP contribution is 2.35. The molecule has 0 unspecified atom stereocenters. The van der Waals surface area contributed by atoms with Gasteiger partial charge in [0, 0.05) is 31.8 Å². The summed E-state index contributed by atoms with van der Waals surface area (Å²) in [4.78, 5) is 14.2. The standard InChI is InChI=1S/C30H43NO4/c1-3-4-19-30(34-21-22-35-30)20-18-28(17-11-12-25(2)33)31(23-26-13-7-5-8-14-26)29(24-32)27-15-9-6-10-16-27/h5-10,13-16,28-29,32H,3-4,11-12,17-24H2,1-2H3/t28-,29+/m1/s1. The van der Waals surface area contributed by atoms with Crippen LogP contribution in [0.15, 0.2) is 60.7 Å². The molecule has 1 aliphatic heterocycles. The van der Waals surface area contributed by atoms with Gasteiger partial charge in [0.1, 0.15) is 5.78 Å². The Balaban J connectivity index is 1.88. The second-order valence-corrected chi connectivity index (χ2v) is 9.76. The van der Waals surface area contributed by atoms with Crippen molar-refractivity contribution in [2.24, 2.45) is 0 Å². The molecule has 3 rings (SSSR count). The van der Waals surface area contributed by atoms with Crippen molar-refractivity contribution in [3.05, 3.63) is 71.8 Å². The molecule has 1 aliphatic rings. The van der Waals surface area contributed by atoms with E-state index in [0.29, 0.717) is 19.6 Å². The summed E-state index contributed by atoms with van der Waals surface area (Å²) in [6, 6.07) is 20.8. The lowest BCUT2D eigenvalue weighted by molar-refractivity contribution is -0.171. The van der Waals surface area contributed by atoms with Gasteiger partial charge in [0.25, 0.3) is 0 Å². The molecule has 35 heavy (non-hydrogen) atoms. The summed E-state index contributed by atoms with van der Waals surface area (Å²) in [5.74, 6) is -0.281. The van der Waals surface area contributed by atoms with Crippen LogP contribution in [0.4, 0.5) is 0 Å². The Morgan fingerprint density at radius 2 is 1.63 bits per heavy atom. The molecule has 192 valence electrons. The van der Waals surface area contributed by atoms with E-state index in [2.05, 4.69) is 48.2 Å². The largest absolute Gasteiger partial charge is 0.394 e. The van der Waals surface area contributed by atoms with Crippen LogP contribution in [0.25, 0.3) is 0 Å². The normalized spacial score (nSPS) is 16.9. The first-order chi connectivity index (χ1) is 17.1. The van der Waals surface area contributed by atoms with Gasteiger partial charge < -0.3 is 19.4 Å². The Kier molecular flexibility index (Phi) is 11.4. The quantitative estimate of drug-likeness (QED) is 0.316. The molecule has 0 aromatic heterocycles. The average Bonchev–Trinajstić information content (AvgIpc) is 3.35. The predicted molar refractivity (Wildman–Crippen MR) is 140 cm³/mol. The van der Waals surface area contributed by atoms with Crippen molar-refractivity contribution in [3.63, 3.8) is 0 Å².